The van der Waals surface area contributed by atoms with E-state index < -0.39 is 0 Å². The van der Waals surface area contributed by atoms with E-state index in [1.165, 1.54) is 18.1 Å². The topological polar surface area (TPSA) is 54.9 Å². The standard InChI is InChI=1S/C6H4ClN3OS/c7-5-4-6(9-2-8-5)12-1-3(11)10-4/h2H,1H2,(H,10,11). The number of carbonyl (C=O) groups is 1. The molecule has 2 heterocycles. The molecule has 0 aliphatic carbocycles. The number of amides is 1. The van der Waals surface area contributed by atoms with E-state index in [4.69, 9.17) is 11.6 Å². The molecule has 0 bridgehead atoms. The fourth-order valence-corrected chi connectivity index (χ4v) is 1.86. The summed E-state index contributed by atoms with van der Waals surface area (Å²) >= 11 is 7.09. The summed E-state index contributed by atoms with van der Waals surface area (Å²) in [6.45, 7) is 0. The number of rotatable bonds is 0. The van der Waals surface area contributed by atoms with Crippen molar-refractivity contribution in [3.63, 3.8) is 0 Å². The van der Waals surface area contributed by atoms with Crippen LogP contribution in [-0.2, 0) is 4.79 Å². The van der Waals surface area contributed by atoms with Crippen molar-refractivity contribution >= 4 is 35.0 Å². The van der Waals surface area contributed by atoms with E-state index in [-0.39, 0.29) is 5.91 Å². The Labute approximate surface area is 77.7 Å². The van der Waals surface area contributed by atoms with Gasteiger partial charge < -0.3 is 5.32 Å². The first-order valence-electron chi connectivity index (χ1n) is 3.20. The van der Waals surface area contributed by atoms with E-state index >= 15 is 0 Å². The molecule has 0 unspecified atom stereocenters. The lowest BCUT2D eigenvalue weighted by molar-refractivity contribution is -0.113. The average Bonchev–Trinajstić information content (AvgIpc) is 2.07. The predicted octanol–water partition coefficient (Wildman–Crippen LogP) is 1.17. The molecule has 0 saturated carbocycles. The van der Waals surface area contributed by atoms with Crippen molar-refractivity contribution in [1.82, 2.24) is 9.97 Å². The van der Waals surface area contributed by atoms with Crippen molar-refractivity contribution in [3.05, 3.63) is 11.5 Å². The molecule has 0 spiro atoms. The predicted molar refractivity (Wildman–Crippen MR) is 46.4 cm³/mol. The van der Waals surface area contributed by atoms with E-state index in [0.29, 0.717) is 16.6 Å². The largest absolute Gasteiger partial charge is 0.321 e. The minimum Gasteiger partial charge on any atom is -0.321 e. The minimum atomic E-state index is -0.0656. The molecular weight excluding hydrogens is 198 g/mol. The quantitative estimate of drug-likeness (QED) is 0.641. The van der Waals surface area contributed by atoms with E-state index in [1.807, 2.05) is 0 Å². The van der Waals surface area contributed by atoms with Crippen LogP contribution in [0, 0.1) is 0 Å². The molecule has 0 radical (unpaired) electrons. The maximum Gasteiger partial charge on any atom is 0.234 e. The molecule has 6 heteroatoms. The summed E-state index contributed by atoms with van der Waals surface area (Å²) in [5, 5.41) is 3.63. The number of nitrogens with zero attached hydrogens (tertiary/aromatic N) is 2. The summed E-state index contributed by atoms with van der Waals surface area (Å²) in [7, 11) is 0. The van der Waals surface area contributed by atoms with Crippen LogP contribution < -0.4 is 5.32 Å². The maximum atomic E-state index is 10.9. The van der Waals surface area contributed by atoms with Gasteiger partial charge in [-0.25, -0.2) is 9.97 Å². The van der Waals surface area contributed by atoms with Crippen LogP contribution in [0.15, 0.2) is 11.4 Å². The first kappa shape index (κ1) is 7.82. The van der Waals surface area contributed by atoms with Gasteiger partial charge in [0.2, 0.25) is 5.91 Å². The van der Waals surface area contributed by atoms with Crippen LogP contribution in [0.4, 0.5) is 5.69 Å². The van der Waals surface area contributed by atoms with Crippen molar-refractivity contribution in [2.75, 3.05) is 11.1 Å². The van der Waals surface area contributed by atoms with Crippen LogP contribution in [-0.4, -0.2) is 21.6 Å². The first-order chi connectivity index (χ1) is 5.77. The second kappa shape index (κ2) is 2.91. The highest BCUT2D eigenvalue weighted by atomic mass is 35.5. The molecule has 1 amide bonds. The van der Waals surface area contributed by atoms with Gasteiger partial charge in [0.15, 0.2) is 5.15 Å². The van der Waals surface area contributed by atoms with E-state index in [9.17, 15) is 4.79 Å². The molecule has 4 nitrogen and oxygen atoms in total. The number of carbonyl (C=O) groups excluding carboxylic acids is 1. The van der Waals surface area contributed by atoms with E-state index in [0.717, 1.165) is 5.03 Å². The zero-order valence-electron chi connectivity index (χ0n) is 5.87. The monoisotopic (exact) mass is 201 g/mol. The number of hydrogen-bond donors (Lipinski definition) is 1. The zero-order valence-corrected chi connectivity index (χ0v) is 7.45. The molecule has 0 aromatic carbocycles. The fraction of sp³-hybridized carbons (Fsp3) is 0.167. The Kier molecular flexibility index (Phi) is 1.90. The lowest BCUT2D eigenvalue weighted by Gasteiger charge is -2.14. The summed E-state index contributed by atoms with van der Waals surface area (Å²) < 4.78 is 0. The third-order valence-corrected chi connectivity index (χ3v) is 2.65. The van der Waals surface area contributed by atoms with Gasteiger partial charge in [-0.15, -0.1) is 0 Å². The van der Waals surface area contributed by atoms with Crippen molar-refractivity contribution < 1.29 is 4.79 Å². The number of nitrogens with one attached hydrogen (secondary N) is 1. The van der Waals surface area contributed by atoms with Crippen LogP contribution in [0.25, 0.3) is 0 Å². The van der Waals surface area contributed by atoms with Gasteiger partial charge >= 0.3 is 0 Å². The average molecular weight is 202 g/mol. The normalized spacial score (nSPS) is 15.2. The number of fused-ring (bicyclic) bond motifs is 1. The van der Waals surface area contributed by atoms with Gasteiger partial charge in [-0.1, -0.05) is 23.4 Å². The summed E-state index contributed by atoms with van der Waals surface area (Å²) in [5.74, 6) is 0.324. The molecule has 0 saturated heterocycles. The molecule has 2 rings (SSSR count). The number of anilines is 1. The maximum absolute atomic E-state index is 10.9. The Bertz CT molecular complexity index is 344. The second-order valence-electron chi connectivity index (χ2n) is 2.18. The van der Waals surface area contributed by atoms with Crippen LogP contribution in [0.3, 0.4) is 0 Å². The molecule has 1 aromatic heterocycles. The van der Waals surface area contributed by atoms with Gasteiger partial charge in [0.25, 0.3) is 0 Å². The Morgan fingerprint density at radius 3 is 3.25 bits per heavy atom. The zero-order chi connectivity index (χ0) is 8.55. The first-order valence-corrected chi connectivity index (χ1v) is 4.57. The van der Waals surface area contributed by atoms with Gasteiger partial charge in [-0.3, -0.25) is 4.79 Å². The lowest BCUT2D eigenvalue weighted by atomic mass is 10.5. The van der Waals surface area contributed by atoms with E-state index in [2.05, 4.69) is 15.3 Å². The van der Waals surface area contributed by atoms with Crippen LogP contribution >= 0.6 is 23.4 Å². The Morgan fingerprint density at radius 1 is 1.58 bits per heavy atom. The SMILES string of the molecule is O=C1CSc2ncnc(Cl)c2N1. The van der Waals surface area contributed by atoms with Gasteiger partial charge in [-0.2, -0.15) is 0 Å². The molecule has 1 N–H and O–H groups in total. The molecule has 1 aliphatic heterocycles. The van der Waals surface area contributed by atoms with Gasteiger partial charge in [0, 0.05) is 0 Å². The number of thioether (sulfide) groups is 1. The highest BCUT2D eigenvalue weighted by Gasteiger charge is 2.19. The number of hydrogen-bond acceptors (Lipinski definition) is 4. The van der Waals surface area contributed by atoms with Crippen molar-refractivity contribution in [2.24, 2.45) is 0 Å². The van der Waals surface area contributed by atoms with Crippen molar-refractivity contribution in [1.29, 1.82) is 0 Å². The van der Waals surface area contributed by atoms with Crippen LogP contribution in [0.1, 0.15) is 0 Å². The molecule has 0 fully saturated rings. The lowest BCUT2D eigenvalue weighted by Crippen LogP contribution is -2.19. The summed E-state index contributed by atoms with van der Waals surface area (Å²) in [6.07, 6.45) is 1.38. The summed E-state index contributed by atoms with van der Waals surface area (Å²) in [5.41, 5.74) is 0.528. The van der Waals surface area contributed by atoms with Crippen molar-refractivity contribution in [3.8, 4) is 0 Å². The highest BCUT2D eigenvalue weighted by molar-refractivity contribution is 8.00. The molecule has 12 heavy (non-hydrogen) atoms. The van der Waals surface area contributed by atoms with Crippen molar-refractivity contribution in [2.45, 2.75) is 5.03 Å². The van der Waals surface area contributed by atoms with Gasteiger partial charge in [0.1, 0.15) is 17.0 Å². The fourth-order valence-electron chi connectivity index (χ4n) is 0.873. The van der Waals surface area contributed by atoms with Crippen LogP contribution in [0.5, 0.6) is 0 Å². The minimum absolute atomic E-state index is 0.0656. The van der Waals surface area contributed by atoms with Gasteiger partial charge in [0.05, 0.1) is 5.75 Å². The Hall–Kier alpha value is -0.810. The highest BCUT2D eigenvalue weighted by Crippen LogP contribution is 2.32. The molecule has 1 aliphatic rings. The Morgan fingerprint density at radius 2 is 2.42 bits per heavy atom. The molecule has 0 atom stereocenters. The molecule has 1 aromatic rings. The number of halogens is 1. The smallest absolute Gasteiger partial charge is 0.234 e. The van der Waals surface area contributed by atoms with Gasteiger partial charge in [-0.05, 0) is 0 Å². The Balaban J connectivity index is 2.50. The third-order valence-electron chi connectivity index (χ3n) is 1.37. The molecular formula is C6H4ClN3OS. The second-order valence-corrected chi connectivity index (χ2v) is 3.50. The van der Waals surface area contributed by atoms with E-state index in [1.54, 1.807) is 0 Å². The summed E-state index contributed by atoms with van der Waals surface area (Å²) in [4.78, 5) is 18.7. The van der Waals surface area contributed by atoms with Crippen LogP contribution in [0.2, 0.25) is 5.15 Å². The summed E-state index contributed by atoms with van der Waals surface area (Å²) in [6, 6.07) is 0. The molecule has 62 valence electrons. The number of aromatic nitrogens is 2. The third kappa shape index (κ3) is 1.25.